The summed E-state index contributed by atoms with van der Waals surface area (Å²) < 4.78 is 10.9. The summed E-state index contributed by atoms with van der Waals surface area (Å²) in [5.74, 6) is 1.75. The highest BCUT2D eigenvalue weighted by Crippen LogP contribution is 2.50. The number of methoxy groups -OCH3 is 2. The van der Waals surface area contributed by atoms with Crippen molar-refractivity contribution in [1.82, 2.24) is 4.90 Å². The first-order chi connectivity index (χ1) is 14.7. The molecule has 30 heavy (non-hydrogen) atoms. The molecule has 2 aliphatic rings. The van der Waals surface area contributed by atoms with Gasteiger partial charge in [-0.25, -0.2) is 0 Å². The first-order valence-corrected chi connectivity index (χ1v) is 10.5. The number of hydrogen-bond acceptors (Lipinski definition) is 4. The van der Waals surface area contributed by atoms with Gasteiger partial charge in [0.1, 0.15) is 5.75 Å². The van der Waals surface area contributed by atoms with Gasteiger partial charge < -0.3 is 14.6 Å². The number of phenolic OH excluding ortho intramolecular Hbond substituents is 1. The minimum Gasteiger partial charge on any atom is -0.504 e. The largest absolute Gasteiger partial charge is 0.504 e. The standard InChI is InChI=1S/C26H27NO3/c1-29-20-9-10-21-18(15-20)12-13-27-22(21)16-19-8-11-24(30-2)26(28)25(19)23(27)14-17-6-4-3-5-7-17/h3-11,15,22-23,28H,12-14,16H2,1-2H3/t22-,23+/m0/s1. The van der Waals surface area contributed by atoms with Crippen molar-refractivity contribution in [1.29, 1.82) is 0 Å². The van der Waals surface area contributed by atoms with E-state index in [-0.39, 0.29) is 11.8 Å². The third-order valence-electron chi connectivity index (χ3n) is 6.66. The summed E-state index contributed by atoms with van der Waals surface area (Å²) in [5.41, 5.74) is 6.25. The number of rotatable bonds is 4. The Balaban J connectivity index is 1.62. The molecule has 0 spiro atoms. The van der Waals surface area contributed by atoms with E-state index in [9.17, 15) is 5.11 Å². The molecule has 0 saturated carbocycles. The average molecular weight is 402 g/mol. The molecular weight excluding hydrogens is 374 g/mol. The minimum absolute atomic E-state index is 0.103. The molecule has 0 aliphatic carbocycles. The fourth-order valence-corrected chi connectivity index (χ4v) is 5.21. The molecule has 5 rings (SSSR count). The van der Waals surface area contributed by atoms with E-state index in [1.807, 2.05) is 12.1 Å². The van der Waals surface area contributed by atoms with Gasteiger partial charge in [-0.3, -0.25) is 4.90 Å². The normalized spacial score (nSPS) is 20.1. The van der Waals surface area contributed by atoms with Crippen LogP contribution in [0.2, 0.25) is 0 Å². The van der Waals surface area contributed by atoms with Crippen LogP contribution < -0.4 is 9.47 Å². The molecule has 2 aliphatic heterocycles. The van der Waals surface area contributed by atoms with Crippen LogP contribution in [0.25, 0.3) is 0 Å². The van der Waals surface area contributed by atoms with Gasteiger partial charge in [-0.1, -0.05) is 42.5 Å². The van der Waals surface area contributed by atoms with E-state index in [0.29, 0.717) is 11.8 Å². The Hall–Kier alpha value is -2.98. The van der Waals surface area contributed by atoms with Gasteiger partial charge in [0.05, 0.1) is 14.2 Å². The summed E-state index contributed by atoms with van der Waals surface area (Å²) in [4.78, 5) is 2.57. The molecule has 2 atom stereocenters. The predicted molar refractivity (Wildman–Crippen MR) is 117 cm³/mol. The van der Waals surface area contributed by atoms with Gasteiger partial charge in [-0.05, 0) is 59.7 Å². The highest BCUT2D eigenvalue weighted by molar-refractivity contribution is 5.54. The van der Waals surface area contributed by atoms with Crippen molar-refractivity contribution in [3.63, 3.8) is 0 Å². The molecule has 4 heteroatoms. The third kappa shape index (κ3) is 3.12. The molecular formula is C26H27NO3. The molecule has 1 N–H and O–H groups in total. The first-order valence-electron chi connectivity index (χ1n) is 10.5. The highest BCUT2D eigenvalue weighted by atomic mass is 16.5. The molecule has 0 saturated heterocycles. The van der Waals surface area contributed by atoms with Crippen LogP contribution >= 0.6 is 0 Å². The highest BCUT2D eigenvalue weighted by Gasteiger charge is 2.40. The first kappa shape index (κ1) is 19.0. The van der Waals surface area contributed by atoms with E-state index in [1.54, 1.807) is 14.2 Å². The van der Waals surface area contributed by atoms with Crippen LogP contribution in [0.15, 0.2) is 60.7 Å². The summed E-state index contributed by atoms with van der Waals surface area (Å²) in [6.07, 6.45) is 2.72. The molecule has 0 radical (unpaired) electrons. The Labute approximate surface area is 177 Å². The molecule has 3 aromatic rings. The SMILES string of the molecule is COc1ccc2c(c1)CCN1[C@H](Cc3ccccc3)c3c(ccc(OC)c3O)C[C@@H]21. The van der Waals surface area contributed by atoms with Crippen molar-refractivity contribution in [3.8, 4) is 17.2 Å². The van der Waals surface area contributed by atoms with Crippen molar-refractivity contribution in [2.45, 2.75) is 31.3 Å². The average Bonchev–Trinajstić information content (AvgIpc) is 2.79. The minimum atomic E-state index is 0.103. The number of nitrogens with zero attached hydrogens (tertiary/aromatic N) is 1. The Kier molecular flexibility index (Phi) is 4.87. The van der Waals surface area contributed by atoms with Gasteiger partial charge in [0, 0.05) is 24.2 Å². The van der Waals surface area contributed by atoms with Crippen LogP contribution in [0.1, 0.15) is 39.9 Å². The summed E-state index contributed by atoms with van der Waals surface area (Å²) in [6, 6.07) is 21.4. The molecule has 154 valence electrons. The second-order valence-electron chi connectivity index (χ2n) is 8.17. The lowest BCUT2D eigenvalue weighted by Crippen LogP contribution is -2.43. The molecule has 0 amide bonds. The van der Waals surface area contributed by atoms with Crippen molar-refractivity contribution in [2.24, 2.45) is 0 Å². The third-order valence-corrected chi connectivity index (χ3v) is 6.66. The van der Waals surface area contributed by atoms with E-state index >= 15 is 0 Å². The Bertz CT molecular complexity index is 1060. The fourth-order valence-electron chi connectivity index (χ4n) is 5.21. The van der Waals surface area contributed by atoms with E-state index < -0.39 is 0 Å². The van der Waals surface area contributed by atoms with Crippen LogP contribution in [0.4, 0.5) is 0 Å². The zero-order chi connectivity index (χ0) is 20.7. The molecule has 0 bridgehead atoms. The second kappa shape index (κ2) is 7.69. The number of benzene rings is 3. The summed E-state index contributed by atoms with van der Waals surface area (Å²) in [5, 5.41) is 11.1. The number of fused-ring (bicyclic) bond motifs is 4. The van der Waals surface area contributed by atoms with E-state index in [1.165, 1.54) is 22.3 Å². The Morgan fingerprint density at radius 2 is 1.80 bits per heavy atom. The molecule has 2 heterocycles. The van der Waals surface area contributed by atoms with Crippen LogP contribution in [0.5, 0.6) is 17.2 Å². The zero-order valence-electron chi connectivity index (χ0n) is 17.5. The summed E-state index contributed by atoms with van der Waals surface area (Å²) >= 11 is 0. The number of hydrogen-bond donors (Lipinski definition) is 1. The van der Waals surface area contributed by atoms with Crippen LogP contribution in [-0.4, -0.2) is 30.8 Å². The van der Waals surface area contributed by atoms with Crippen molar-refractivity contribution >= 4 is 0 Å². The van der Waals surface area contributed by atoms with Gasteiger partial charge in [-0.2, -0.15) is 0 Å². The molecule has 0 fully saturated rings. The lowest BCUT2D eigenvalue weighted by molar-refractivity contribution is 0.104. The van der Waals surface area contributed by atoms with Crippen LogP contribution in [-0.2, 0) is 19.3 Å². The van der Waals surface area contributed by atoms with Gasteiger partial charge in [0.25, 0.3) is 0 Å². The maximum absolute atomic E-state index is 11.1. The number of ether oxygens (including phenoxy) is 2. The van der Waals surface area contributed by atoms with Gasteiger partial charge >= 0.3 is 0 Å². The summed E-state index contributed by atoms with van der Waals surface area (Å²) in [7, 11) is 3.34. The van der Waals surface area contributed by atoms with Crippen LogP contribution in [0, 0.1) is 0 Å². The van der Waals surface area contributed by atoms with Crippen molar-refractivity contribution in [3.05, 3.63) is 88.5 Å². The van der Waals surface area contributed by atoms with E-state index in [2.05, 4.69) is 53.4 Å². The monoisotopic (exact) mass is 401 g/mol. The molecule has 3 aromatic carbocycles. The van der Waals surface area contributed by atoms with E-state index in [4.69, 9.17) is 9.47 Å². The van der Waals surface area contributed by atoms with Gasteiger partial charge in [0.15, 0.2) is 11.5 Å². The molecule has 0 unspecified atom stereocenters. The molecule has 4 nitrogen and oxygen atoms in total. The second-order valence-corrected chi connectivity index (χ2v) is 8.17. The topological polar surface area (TPSA) is 41.9 Å². The maximum Gasteiger partial charge on any atom is 0.162 e. The number of aromatic hydroxyl groups is 1. The predicted octanol–water partition coefficient (Wildman–Crippen LogP) is 4.85. The lowest BCUT2D eigenvalue weighted by atomic mass is 9.78. The molecule has 0 aromatic heterocycles. The van der Waals surface area contributed by atoms with Gasteiger partial charge in [-0.15, -0.1) is 0 Å². The van der Waals surface area contributed by atoms with E-state index in [0.717, 1.165) is 37.1 Å². The van der Waals surface area contributed by atoms with Gasteiger partial charge in [0.2, 0.25) is 0 Å². The van der Waals surface area contributed by atoms with Crippen molar-refractivity contribution in [2.75, 3.05) is 20.8 Å². The maximum atomic E-state index is 11.1. The fraction of sp³-hybridized carbons (Fsp3) is 0.308. The number of phenols is 1. The Morgan fingerprint density at radius 1 is 0.967 bits per heavy atom. The lowest BCUT2D eigenvalue weighted by Gasteiger charge is -2.47. The smallest absolute Gasteiger partial charge is 0.162 e. The van der Waals surface area contributed by atoms with Crippen molar-refractivity contribution < 1.29 is 14.6 Å². The Morgan fingerprint density at radius 3 is 2.57 bits per heavy atom. The zero-order valence-corrected chi connectivity index (χ0v) is 17.5. The quantitative estimate of drug-likeness (QED) is 0.679. The summed E-state index contributed by atoms with van der Waals surface area (Å²) in [6.45, 7) is 0.957. The van der Waals surface area contributed by atoms with Crippen LogP contribution in [0.3, 0.4) is 0 Å².